The van der Waals surface area contributed by atoms with Crippen molar-refractivity contribution in [2.24, 2.45) is 5.73 Å². The van der Waals surface area contributed by atoms with Gasteiger partial charge in [-0.3, -0.25) is 0 Å². The van der Waals surface area contributed by atoms with Crippen molar-refractivity contribution < 1.29 is 0 Å². The summed E-state index contributed by atoms with van der Waals surface area (Å²) < 4.78 is 0.963. The van der Waals surface area contributed by atoms with Crippen molar-refractivity contribution in [3.05, 3.63) is 16.9 Å². The summed E-state index contributed by atoms with van der Waals surface area (Å²) in [6, 6.07) is 0.241. The van der Waals surface area contributed by atoms with Gasteiger partial charge in [0, 0.05) is 31.5 Å². The second-order valence-corrected chi connectivity index (χ2v) is 5.27. The van der Waals surface area contributed by atoms with E-state index in [1.54, 1.807) is 12.4 Å². The fourth-order valence-electron chi connectivity index (χ4n) is 2.38. The number of aromatic nitrogens is 2. The lowest BCUT2D eigenvalue weighted by Gasteiger charge is -2.20. The molecule has 5 nitrogen and oxygen atoms in total. The monoisotopic (exact) mass is 295 g/mol. The Labute approximate surface area is 107 Å². The van der Waals surface area contributed by atoms with Gasteiger partial charge in [-0.05, 0) is 22.4 Å². The molecule has 90 valence electrons. The van der Waals surface area contributed by atoms with Crippen molar-refractivity contribution in [2.45, 2.75) is 12.5 Å². The highest BCUT2D eigenvalue weighted by molar-refractivity contribution is 9.10. The van der Waals surface area contributed by atoms with Crippen LogP contribution in [-0.2, 0) is 0 Å². The number of hydrogen-bond donors (Lipinski definition) is 3. The van der Waals surface area contributed by atoms with E-state index < -0.39 is 0 Å². The minimum absolute atomic E-state index is 0.241. The van der Waals surface area contributed by atoms with E-state index >= 15 is 0 Å². The maximum atomic E-state index is 6.00. The summed E-state index contributed by atoms with van der Waals surface area (Å²) in [5.41, 5.74) is 14.6. The number of anilines is 2. The van der Waals surface area contributed by atoms with Gasteiger partial charge in [-0.15, -0.1) is 0 Å². The smallest absolute Gasteiger partial charge is 0.141 e. The van der Waals surface area contributed by atoms with Crippen LogP contribution in [0.25, 0.3) is 11.0 Å². The van der Waals surface area contributed by atoms with Crippen molar-refractivity contribution in [3.8, 4) is 0 Å². The van der Waals surface area contributed by atoms with Gasteiger partial charge in [0.15, 0.2) is 0 Å². The molecule has 3 heterocycles. The molecular weight excluding hydrogens is 282 g/mol. The minimum atomic E-state index is 0.241. The molecular formula is C11H14BrN5. The third-order valence-electron chi connectivity index (χ3n) is 3.20. The molecule has 0 amide bonds. The lowest BCUT2D eigenvalue weighted by Crippen LogP contribution is -2.26. The fraction of sp³-hybridized carbons (Fsp3) is 0.364. The van der Waals surface area contributed by atoms with Crippen LogP contribution in [0.4, 0.5) is 11.4 Å². The number of rotatable bonds is 1. The molecule has 0 bridgehead atoms. The normalized spacial score (nSPS) is 20.4. The maximum absolute atomic E-state index is 6.00. The zero-order chi connectivity index (χ0) is 12.0. The molecule has 17 heavy (non-hydrogen) atoms. The molecule has 0 aromatic carbocycles. The summed E-state index contributed by atoms with van der Waals surface area (Å²) in [6.07, 6.45) is 4.60. The Bertz CT molecular complexity index is 564. The Morgan fingerprint density at radius 3 is 3.06 bits per heavy atom. The third kappa shape index (κ3) is 1.68. The zero-order valence-corrected chi connectivity index (χ0v) is 10.9. The summed E-state index contributed by atoms with van der Waals surface area (Å²) in [5, 5.41) is 0.980. The number of hydrogen-bond acceptors (Lipinski definition) is 4. The SMILES string of the molecule is Nc1c[nH]c2ncc(Br)c(N3CC[C@@H](N)C3)c12. The molecule has 2 aromatic rings. The largest absolute Gasteiger partial charge is 0.397 e. The highest BCUT2D eigenvalue weighted by Gasteiger charge is 2.24. The molecule has 1 saturated heterocycles. The van der Waals surface area contributed by atoms with Crippen LogP contribution >= 0.6 is 15.9 Å². The molecule has 0 unspecified atom stereocenters. The average molecular weight is 296 g/mol. The molecule has 0 radical (unpaired) electrons. The van der Waals surface area contributed by atoms with E-state index in [1.165, 1.54) is 0 Å². The van der Waals surface area contributed by atoms with Crippen molar-refractivity contribution in [3.63, 3.8) is 0 Å². The lowest BCUT2D eigenvalue weighted by atomic mass is 10.2. The van der Waals surface area contributed by atoms with Gasteiger partial charge in [-0.2, -0.15) is 0 Å². The van der Waals surface area contributed by atoms with Crippen LogP contribution < -0.4 is 16.4 Å². The number of aromatic amines is 1. The van der Waals surface area contributed by atoms with Crippen LogP contribution in [0.2, 0.25) is 0 Å². The van der Waals surface area contributed by atoms with Crippen molar-refractivity contribution in [2.75, 3.05) is 23.7 Å². The Balaban J connectivity index is 2.19. The van der Waals surface area contributed by atoms with E-state index in [9.17, 15) is 0 Å². The van der Waals surface area contributed by atoms with E-state index in [0.717, 1.165) is 46.4 Å². The number of H-pyrrole nitrogens is 1. The summed E-state index contributed by atoms with van der Waals surface area (Å²) >= 11 is 3.55. The molecule has 5 N–H and O–H groups in total. The highest BCUT2D eigenvalue weighted by Crippen LogP contribution is 2.37. The number of nitrogens with two attached hydrogens (primary N) is 2. The maximum Gasteiger partial charge on any atom is 0.141 e. The minimum Gasteiger partial charge on any atom is -0.397 e. The van der Waals surface area contributed by atoms with Crippen LogP contribution in [0, 0.1) is 0 Å². The first-order valence-corrected chi connectivity index (χ1v) is 6.37. The van der Waals surface area contributed by atoms with Gasteiger partial charge in [0.05, 0.1) is 21.2 Å². The van der Waals surface area contributed by atoms with Crippen LogP contribution in [-0.4, -0.2) is 29.1 Å². The Kier molecular flexibility index (Phi) is 2.48. The van der Waals surface area contributed by atoms with Crippen LogP contribution in [0.3, 0.4) is 0 Å². The first kappa shape index (κ1) is 10.9. The van der Waals surface area contributed by atoms with Crippen molar-refractivity contribution in [1.82, 2.24) is 9.97 Å². The molecule has 1 fully saturated rings. The lowest BCUT2D eigenvalue weighted by molar-refractivity contribution is 0.752. The van der Waals surface area contributed by atoms with Gasteiger partial charge in [0.2, 0.25) is 0 Å². The number of nitrogens with zero attached hydrogens (tertiary/aromatic N) is 2. The zero-order valence-electron chi connectivity index (χ0n) is 9.28. The summed E-state index contributed by atoms with van der Waals surface area (Å²) in [6.45, 7) is 1.83. The van der Waals surface area contributed by atoms with Gasteiger partial charge >= 0.3 is 0 Å². The Morgan fingerprint density at radius 1 is 1.53 bits per heavy atom. The number of nitrogens with one attached hydrogen (secondary N) is 1. The summed E-state index contributed by atoms with van der Waals surface area (Å²) in [4.78, 5) is 9.65. The third-order valence-corrected chi connectivity index (χ3v) is 3.78. The van der Waals surface area contributed by atoms with E-state index in [4.69, 9.17) is 11.5 Å². The fourth-order valence-corrected chi connectivity index (χ4v) is 2.93. The second kappa shape index (κ2) is 3.89. The second-order valence-electron chi connectivity index (χ2n) is 4.42. The predicted octanol–water partition coefficient (Wildman–Crippen LogP) is 1.45. The predicted molar refractivity (Wildman–Crippen MR) is 73.0 cm³/mol. The van der Waals surface area contributed by atoms with E-state index in [2.05, 4.69) is 30.8 Å². The van der Waals surface area contributed by atoms with Crippen LogP contribution in [0.5, 0.6) is 0 Å². The van der Waals surface area contributed by atoms with Crippen molar-refractivity contribution in [1.29, 1.82) is 0 Å². The summed E-state index contributed by atoms with van der Waals surface area (Å²) in [7, 11) is 0. The highest BCUT2D eigenvalue weighted by atomic mass is 79.9. The van der Waals surface area contributed by atoms with Crippen LogP contribution in [0.15, 0.2) is 16.9 Å². The number of halogens is 1. The first-order valence-electron chi connectivity index (χ1n) is 5.58. The van der Waals surface area contributed by atoms with Crippen molar-refractivity contribution >= 4 is 38.3 Å². The molecule has 1 aliphatic heterocycles. The molecule has 1 atom stereocenters. The van der Waals surface area contributed by atoms with Gasteiger partial charge in [-0.25, -0.2) is 4.98 Å². The first-order chi connectivity index (χ1) is 8.16. The Morgan fingerprint density at radius 2 is 2.35 bits per heavy atom. The topological polar surface area (TPSA) is 84.0 Å². The Hall–Kier alpha value is -1.27. The number of fused-ring (bicyclic) bond motifs is 1. The van der Waals surface area contributed by atoms with Gasteiger partial charge in [0.25, 0.3) is 0 Å². The van der Waals surface area contributed by atoms with E-state index in [1.807, 2.05) is 0 Å². The molecule has 0 spiro atoms. The van der Waals surface area contributed by atoms with Gasteiger partial charge in [0.1, 0.15) is 5.65 Å². The molecule has 6 heteroatoms. The number of pyridine rings is 1. The average Bonchev–Trinajstić information content (AvgIpc) is 2.87. The van der Waals surface area contributed by atoms with Crippen LogP contribution in [0.1, 0.15) is 6.42 Å². The van der Waals surface area contributed by atoms with Gasteiger partial charge < -0.3 is 21.4 Å². The standard InChI is InChI=1S/C11H14BrN5/c12-7-3-15-11-9(8(14)4-16-11)10(7)17-2-1-6(13)5-17/h3-4,6H,1-2,5,13-14H2,(H,15,16)/t6-/m1/s1. The molecule has 0 saturated carbocycles. The molecule has 3 rings (SSSR count). The molecule has 0 aliphatic carbocycles. The molecule has 2 aromatic heterocycles. The molecule has 1 aliphatic rings. The quantitative estimate of drug-likeness (QED) is 0.743. The summed E-state index contributed by atoms with van der Waals surface area (Å²) in [5.74, 6) is 0. The number of nitrogen functional groups attached to an aromatic ring is 1. The van der Waals surface area contributed by atoms with E-state index in [-0.39, 0.29) is 6.04 Å². The van der Waals surface area contributed by atoms with Gasteiger partial charge in [-0.1, -0.05) is 0 Å². The van der Waals surface area contributed by atoms with E-state index in [0.29, 0.717) is 0 Å².